The van der Waals surface area contributed by atoms with E-state index in [2.05, 4.69) is 42.4 Å². The predicted molar refractivity (Wildman–Crippen MR) is 276 cm³/mol. The summed E-state index contributed by atoms with van der Waals surface area (Å²) in [5, 5.41) is 23.4. The molecule has 2 heterocycles. The van der Waals surface area contributed by atoms with Crippen molar-refractivity contribution in [1.82, 2.24) is 31.2 Å². The van der Waals surface area contributed by atoms with E-state index in [1.807, 2.05) is 6.92 Å². The first-order valence-corrected chi connectivity index (χ1v) is 25.8. The Bertz CT molecular complexity index is 2810. The molecule has 0 saturated carbocycles. The van der Waals surface area contributed by atoms with E-state index in [0.29, 0.717) is 58.8 Å². The molecule has 0 aliphatic carbocycles. The number of aromatic amines is 1. The third-order valence-electron chi connectivity index (χ3n) is 11.5. The molecule has 408 valence electrons. The molecular formula is C51H64N10O14S. The Balaban J connectivity index is 0.991. The number of anilines is 2. The van der Waals surface area contributed by atoms with E-state index in [1.165, 1.54) is 30.5 Å². The summed E-state index contributed by atoms with van der Waals surface area (Å²) in [4.78, 5) is 91.0. The molecule has 4 aromatic rings. The SMILES string of the molecule is Cc1ccc(NS(=O)(=O)c2ccc(CNC(=O)OCc3ccc(NC(=O)[C@H](CCCNC(N)=O)NC(=O)[C@@H](NC(=O)CCOCCOCCOCCOCCN4C(=O)C=CC4=O)C(C)C)cc3)cc2)c2[nH]cc(C#N)c12. The third-order valence-corrected chi connectivity index (χ3v) is 12.9. The van der Waals surface area contributed by atoms with Crippen molar-refractivity contribution in [2.45, 2.75) is 70.2 Å². The highest BCUT2D eigenvalue weighted by atomic mass is 32.2. The highest BCUT2D eigenvalue weighted by Crippen LogP contribution is 2.30. The quantitative estimate of drug-likeness (QED) is 0.0257. The number of ether oxygens (including phenoxy) is 5. The second-order valence-electron chi connectivity index (χ2n) is 17.5. The van der Waals surface area contributed by atoms with Crippen molar-refractivity contribution in [3.05, 3.63) is 101 Å². The van der Waals surface area contributed by atoms with Gasteiger partial charge in [-0.15, -0.1) is 0 Å². The summed E-state index contributed by atoms with van der Waals surface area (Å²) in [5.41, 5.74) is 8.76. The van der Waals surface area contributed by atoms with Crippen molar-refractivity contribution < 1.29 is 65.7 Å². The lowest BCUT2D eigenvalue weighted by Gasteiger charge is -2.25. The Kier molecular flexibility index (Phi) is 23.2. The van der Waals surface area contributed by atoms with Gasteiger partial charge in [0.2, 0.25) is 17.7 Å². The Morgan fingerprint density at radius 3 is 2.01 bits per heavy atom. The number of nitriles is 1. The maximum atomic E-state index is 13.6. The highest BCUT2D eigenvalue weighted by molar-refractivity contribution is 7.92. The number of hydrogen-bond donors (Lipinski definition) is 8. The van der Waals surface area contributed by atoms with E-state index >= 15 is 0 Å². The maximum absolute atomic E-state index is 13.6. The molecule has 1 aliphatic rings. The van der Waals surface area contributed by atoms with Crippen molar-refractivity contribution in [2.24, 2.45) is 11.7 Å². The molecule has 9 N–H and O–H groups in total. The van der Waals surface area contributed by atoms with Gasteiger partial charge in [-0.3, -0.25) is 33.6 Å². The molecule has 1 aromatic heterocycles. The van der Waals surface area contributed by atoms with Crippen LogP contribution in [0, 0.1) is 24.2 Å². The molecule has 0 saturated heterocycles. The minimum Gasteiger partial charge on any atom is -0.445 e. The molecule has 2 atom stereocenters. The summed E-state index contributed by atoms with van der Waals surface area (Å²) in [7, 11) is -4.00. The molecule has 5 rings (SSSR count). The van der Waals surface area contributed by atoms with Gasteiger partial charge < -0.3 is 61.0 Å². The van der Waals surface area contributed by atoms with Crippen molar-refractivity contribution in [3.8, 4) is 6.07 Å². The lowest BCUT2D eigenvalue weighted by Crippen LogP contribution is -2.54. The average Bonchev–Trinajstić information content (AvgIpc) is 3.99. The van der Waals surface area contributed by atoms with E-state index in [9.17, 15) is 47.2 Å². The van der Waals surface area contributed by atoms with Crippen LogP contribution in [0.2, 0.25) is 0 Å². The molecule has 0 bridgehead atoms. The number of hydrogen-bond acceptors (Lipinski definition) is 15. The lowest BCUT2D eigenvalue weighted by atomic mass is 10.0. The maximum Gasteiger partial charge on any atom is 0.407 e. The molecule has 0 unspecified atom stereocenters. The average molecular weight is 1070 g/mol. The van der Waals surface area contributed by atoms with Crippen LogP contribution in [0.25, 0.3) is 10.9 Å². The summed E-state index contributed by atoms with van der Waals surface area (Å²) >= 11 is 0. The Morgan fingerprint density at radius 1 is 0.776 bits per heavy atom. The molecule has 25 heteroatoms. The van der Waals surface area contributed by atoms with Crippen molar-refractivity contribution >= 4 is 74.0 Å². The van der Waals surface area contributed by atoms with Gasteiger partial charge in [-0.05, 0) is 72.7 Å². The number of nitrogens with two attached hydrogens (primary N) is 1. The number of fused-ring (bicyclic) bond motifs is 1. The molecule has 0 fully saturated rings. The first-order valence-electron chi connectivity index (χ1n) is 24.4. The fourth-order valence-corrected chi connectivity index (χ4v) is 8.51. The van der Waals surface area contributed by atoms with Crippen LogP contribution in [-0.4, -0.2) is 138 Å². The number of H-pyrrole nitrogens is 1. The number of carbonyl (C=O) groups excluding carboxylic acids is 7. The minimum atomic E-state index is -4.00. The number of urea groups is 1. The number of carbonyl (C=O) groups is 7. The summed E-state index contributed by atoms with van der Waals surface area (Å²) in [6.07, 6.45) is 3.56. The fraction of sp³-hybridized carbons (Fsp3) is 0.412. The number of aryl methyl sites for hydroxylation is 1. The summed E-state index contributed by atoms with van der Waals surface area (Å²) in [6, 6.07) is 15.0. The van der Waals surface area contributed by atoms with E-state index in [0.717, 1.165) is 10.5 Å². The van der Waals surface area contributed by atoms with Crippen LogP contribution in [-0.2, 0) is 70.8 Å². The number of amides is 8. The molecular weight excluding hydrogens is 1010 g/mol. The van der Waals surface area contributed by atoms with Gasteiger partial charge >= 0.3 is 12.1 Å². The molecule has 3 aromatic carbocycles. The molecule has 0 radical (unpaired) electrons. The van der Waals surface area contributed by atoms with Gasteiger partial charge in [0, 0.05) is 48.9 Å². The molecule has 24 nitrogen and oxygen atoms in total. The van der Waals surface area contributed by atoms with E-state index in [-0.39, 0.29) is 101 Å². The van der Waals surface area contributed by atoms with Gasteiger partial charge in [0.25, 0.3) is 21.8 Å². The van der Waals surface area contributed by atoms with E-state index in [4.69, 9.17) is 29.4 Å². The standard InChI is InChI=1S/C51H64N10O14S/c1-33(2)46(59-42(62)18-21-71-23-25-73-27-28-74-26-24-72-22-20-61-43(63)16-17-44(61)64)49(66)58-41(5-4-19-54-50(53)67)48(65)57-38-11-7-36(8-12-38)32-75-51(68)56-30-35-9-13-39(14-10-35)76(69,70)60-40-15-6-34(3)45-37(29-52)31-55-47(40)45/h6-17,31,33,41,46,55,60H,4-5,18-28,30,32H2,1-3H3,(H,56,68)(H,57,65)(H,58,66)(H,59,62)(H3,53,54,67)/t41-,46-/m0/s1. The zero-order valence-corrected chi connectivity index (χ0v) is 43.3. The molecule has 1 aliphatic heterocycles. The number of nitrogens with one attached hydrogen (secondary N) is 7. The number of sulfonamides is 1. The lowest BCUT2D eigenvalue weighted by molar-refractivity contribution is -0.137. The summed E-state index contributed by atoms with van der Waals surface area (Å²) in [6.45, 7) is 7.45. The van der Waals surface area contributed by atoms with Crippen LogP contribution in [0.15, 0.2) is 83.9 Å². The van der Waals surface area contributed by atoms with Crippen molar-refractivity contribution in [1.29, 1.82) is 5.26 Å². The summed E-state index contributed by atoms with van der Waals surface area (Å²) in [5.74, 6) is -2.69. The normalized spacial score (nSPS) is 13.0. The molecule has 8 amide bonds. The number of nitrogens with zero attached hydrogens (tertiary/aromatic N) is 2. The van der Waals surface area contributed by atoms with Gasteiger partial charge in [0.1, 0.15) is 24.8 Å². The molecule has 76 heavy (non-hydrogen) atoms. The number of alkyl carbamates (subject to hydrolysis) is 1. The predicted octanol–water partition coefficient (Wildman–Crippen LogP) is 2.97. The van der Waals surface area contributed by atoms with Crippen molar-refractivity contribution in [3.63, 3.8) is 0 Å². The van der Waals surface area contributed by atoms with E-state index < -0.39 is 52.0 Å². The largest absolute Gasteiger partial charge is 0.445 e. The topological polar surface area (TPSA) is 341 Å². The van der Waals surface area contributed by atoms with Crippen LogP contribution in [0.4, 0.5) is 21.0 Å². The fourth-order valence-electron chi connectivity index (χ4n) is 7.43. The van der Waals surface area contributed by atoms with Gasteiger partial charge in [-0.25, -0.2) is 18.0 Å². The monoisotopic (exact) mass is 1070 g/mol. The second-order valence-corrected chi connectivity index (χ2v) is 19.2. The van der Waals surface area contributed by atoms with E-state index in [1.54, 1.807) is 62.4 Å². The van der Waals surface area contributed by atoms with Gasteiger partial charge in [-0.2, -0.15) is 5.26 Å². The number of aromatic nitrogens is 1. The Labute approximate surface area is 439 Å². The molecule has 0 spiro atoms. The number of primary amides is 1. The van der Waals surface area contributed by atoms with Crippen LogP contribution in [0.3, 0.4) is 0 Å². The summed E-state index contributed by atoms with van der Waals surface area (Å²) < 4.78 is 56.2. The highest BCUT2D eigenvalue weighted by Gasteiger charge is 2.29. The zero-order chi connectivity index (χ0) is 55.0. The minimum absolute atomic E-state index is 0.0112. The van der Waals surface area contributed by atoms with Gasteiger partial charge in [0.15, 0.2) is 0 Å². The first kappa shape index (κ1) is 59.0. The first-order chi connectivity index (χ1) is 36.4. The second kappa shape index (κ2) is 29.9. The number of imide groups is 1. The Hall–Kier alpha value is -7.89. The third kappa shape index (κ3) is 18.8. The zero-order valence-electron chi connectivity index (χ0n) is 42.4. The van der Waals surface area contributed by atoms with Crippen LogP contribution in [0.1, 0.15) is 55.4 Å². The number of benzene rings is 3. The van der Waals surface area contributed by atoms with Gasteiger partial charge in [-0.1, -0.05) is 44.2 Å². The van der Waals surface area contributed by atoms with Crippen LogP contribution in [0.5, 0.6) is 0 Å². The van der Waals surface area contributed by atoms with Crippen molar-refractivity contribution in [2.75, 3.05) is 76.0 Å². The smallest absolute Gasteiger partial charge is 0.407 e. The Morgan fingerprint density at radius 2 is 1.39 bits per heavy atom. The number of rotatable bonds is 32. The van der Waals surface area contributed by atoms with Crippen LogP contribution >= 0.6 is 0 Å². The van der Waals surface area contributed by atoms with Crippen LogP contribution < -0.4 is 37.0 Å². The van der Waals surface area contributed by atoms with Gasteiger partial charge in [0.05, 0.1) is 81.1 Å².